The van der Waals surface area contributed by atoms with E-state index in [9.17, 15) is 8.42 Å². The maximum Gasteiger partial charge on any atom is 0.342 e. The molecule has 2 aromatic rings. The van der Waals surface area contributed by atoms with Gasteiger partial charge in [-0.05, 0) is 43.7 Å². The van der Waals surface area contributed by atoms with E-state index < -0.39 is 10.1 Å². The Morgan fingerprint density at radius 1 is 1.00 bits per heavy atom. The zero-order valence-electron chi connectivity index (χ0n) is 11.9. The molecule has 0 atom stereocenters. The van der Waals surface area contributed by atoms with E-state index in [-0.39, 0.29) is 10.6 Å². The molecule has 0 spiro atoms. The first kappa shape index (κ1) is 15.9. The Kier molecular flexibility index (Phi) is 4.58. The molecule has 0 N–H and O–H groups in total. The Morgan fingerprint density at radius 2 is 1.67 bits per heavy atom. The summed E-state index contributed by atoms with van der Waals surface area (Å²) in [5.74, 6) is 0.547. The Bertz CT molecular complexity index is 769. The number of halogens is 1. The summed E-state index contributed by atoms with van der Waals surface area (Å²) in [6.45, 7) is 3.73. The number of ether oxygens (including phenoxy) is 1. The molecule has 0 fully saturated rings. The van der Waals surface area contributed by atoms with Crippen LogP contribution in [0.5, 0.6) is 11.5 Å². The Balaban J connectivity index is 2.45. The van der Waals surface area contributed by atoms with E-state index in [1.807, 2.05) is 13.0 Å². The lowest BCUT2D eigenvalue weighted by molar-refractivity contribution is 0.398. The average Bonchev–Trinajstić information content (AvgIpc) is 2.42. The van der Waals surface area contributed by atoms with Gasteiger partial charge in [0.2, 0.25) is 0 Å². The van der Waals surface area contributed by atoms with E-state index in [2.05, 4.69) is 15.9 Å². The van der Waals surface area contributed by atoms with Gasteiger partial charge < -0.3 is 8.92 Å². The molecule has 4 nitrogen and oxygen atoms in total. The van der Waals surface area contributed by atoms with Crippen molar-refractivity contribution in [3.8, 4) is 11.5 Å². The summed E-state index contributed by atoms with van der Waals surface area (Å²) in [6, 6.07) is 10.0. The SMILES string of the molecule is COc1ccc(Br)cc1S(=O)(=O)Oc1ccc(C)cc1C. The van der Waals surface area contributed by atoms with Crippen molar-refractivity contribution >= 4 is 26.0 Å². The minimum atomic E-state index is -3.97. The molecular formula is C15H15BrO4S. The molecule has 0 aliphatic rings. The minimum Gasteiger partial charge on any atom is -0.495 e. The number of aryl methyl sites for hydroxylation is 2. The summed E-state index contributed by atoms with van der Waals surface area (Å²) in [5, 5.41) is 0. The van der Waals surface area contributed by atoms with Gasteiger partial charge in [0.05, 0.1) is 7.11 Å². The summed E-state index contributed by atoms with van der Waals surface area (Å²) in [6.07, 6.45) is 0. The van der Waals surface area contributed by atoms with E-state index in [1.54, 1.807) is 31.2 Å². The van der Waals surface area contributed by atoms with Crippen LogP contribution in [0.1, 0.15) is 11.1 Å². The minimum absolute atomic E-state index is 0.0145. The number of rotatable bonds is 4. The third kappa shape index (κ3) is 3.57. The van der Waals surface area contributed by atoms with Crippen LogP contribution >= 0.6 is 15.9 Å². The predicted octanol–water partition coefficient (Wildman–Crippen LogP) is 3.84. The molecule has 2 rings (SSSR count). The topological polar surface area (TPSA) is 52.6 Å². The lowest BCUT2D eigenvalue weighted by atomic mass is 10.1. The van der Waals surface area contributed by atoms with Crippen molar-refractivity contribution in [2.45, 2.75) is 18.7 Å². The van der Waals surface area contributed by atoms with Crippen LogP contribution in [0.4, 0.5) is 0 Å². The third-order valence-electron chi connectivity index (χ3n) is 2.92. The average molecular weight is 371 g/mol. The number of methoxy groups -OCH3 is 1. The highest BCUT2D eigenvalue weighted by Crippen LogP contribution is 2.30. The molecule has 2 aromatic carbocycles. The summed E-state index contributed by atoms with van der Waals surface area (Å²) >= 11 is 3.25. The standard InChI is InChI=1S/C15H15BrO4S/c1-10-4-6-13(11(2)8-10)20-21(17,18)15-9-12(16)5-7-14(15)19-3/h4-9H,1-3H3. The zero-order valence-corrected chi connectivity index (χ0v) is 14.3. The fourth-order valence-electron chi connectivity index (χ4n) is 1.90. The molecular weight excluding hydrogens is 356 g/mol. The molecule has 0 heterocycles. The second kappa shape index (κ2) is 6.07. The van der Waals surface area contributed by atoms with Gasteiger partial charge in [0.1, 0.15) is 16.4 Å². The van der Waals surface area contributed by atoms with Crippen molar-refractivity contribution in [3.05, 3.63) is 52.0 Å². The highest BCUT2D eigenvalue weighted by molar-refractivity contribution is 9.10. The first-order valence-electron chi connectivity index (χ1n) is 6.19. The van der Waals surface area contributed by atoms with Crippen molar-refractivity contribution in [3.63, 3.8) is 0 Å². The van der Waals surface area contributed by atoms with Crippen LogP contribution in [0.3, 0.4) is 0 Å². The van der Waals surface area contributed by atoms with E-state index in [0.717, 1.165) is 11.1 Å². The summed E-state index contributed by atoms with van der Waals surface area (Å²) in [4.78, 5) is -0.0145. The van der Waals surface area contributed by atoms with E-state index in [1.165, 1.54) is 13.2 Å². The van der Waals surface area contributed by atoms with Gasteiger partial charge in [-0.15, -0.1) is 0 Å². The van der Waals surface area contributed by atoms with Gasteiger partial charge in [-0.25, -0.2) is 0 Å². The highest BCUT2D eigenvalue weighted by atomic mass is 79.9. The third-order valence-corrected chi connectivity index (χ3v) is 4.67. The predicted molar refractivity (Wildman–Crippen MR) is 84.4 cm³/mol. The molecule has 6 heteroatoms. The normalized spacial score (nSPS) is 11.2. The van der Waals surface area contributed by atoms with Gasteiger partial charge in [0.25, 0.3) is 0 Å². The van der Waals surface area contributed by atoms with E-state index in [0.29, 0.717) is 10.2 Å². The van der Waals surface area contributed by atoms with Gasteiger partial charge in [-0.1, -0.05) is 33.6 Å². The number of hydrogen-bond acceptors (Lipinski definition) is 4. The van der Waals surface area contributed by atoms with Crippen LogP contribution < -0.4 is 8.92 Å². The lowest BCUT2D eigenvalue weighted by Crippen LogP contribution is -2.12. The van der Waals surface area contributed by atoms with Crippen LogP contribution in [0.2, 0.25) is 0 Å². The molecule has 0 unspecified atom stereocenters. The Morgan fingerprint density at radius 3 is 2.29 bits per heavy atom. The van der Waals surface area contributed by atoms with Gasteiger partial charge in [-0.3, -0.25) is 0 Å². The first-order chi connectivity index (χ1) is 9.83. The molecule has 0 aliphatic heterocycles. The van der Waals surface area contributed by atoms with Crippen molar-refractivity contribution in [2.75, 3.05) is 7.11 Å². The van der Waals surface area contributed by atoms with Crippen molar-refractivity contribution in [2.24, 2.45) is 0 Å². The van der Waals surface area contributed by atoms with Gasteiger partial charge in [0.15, 0.2) is 0 Å². The van der Waals surface area contributed by atoms with Crippen LogP contribution in [-0.4, -0.2) is 15.5 Å². The van der Waals surface area contributed by atoms with Crippen molar-refractivity contribution < 1.29 is 17.3 Å². The number of hydrogen-bond donors (Lipinski definition) is 0. The fraction of sp³-hybridized carbons (Fsp3) is 0.200. The molecule has 0 saturated heterocycles. The zero-order chi connectivity index (χ0) is 15.6. The van der Waals surface area contributed by atoms with Crippen LogP contribution in [-0.2, 0) is 10.1 Å². The number of benzene rings is 2. The van der Waals surface area contributed by atoms with Gasteiger partial charge in [0, 0.05) is 4.47 Å². The molecule has 0 saturated carbocycles. The van der Waals surface area contributed by atoms with Crippen LogP contribution in [0.25, 0.3) is 0 Å². The quantitative estimate of drug-likeness (QED) is 0.767. The highest BCUT2D eigenvalue weighted by Gasteiger charge is 2.23. The maximum atomic E-state index is 12.4. The Hall–Kier alpha value is -1.53. The van der Waals surface area contributed by atoms with Crippen molar-refractivity contribution in [1.29, 1.82) is 0 Å². The molecule has 0 bridgehead atoms. The molecule has 21 heavy (non-hydrogen) atoms. The molecule has 0 amide bonds. The summed E-state index contributed by atoms with van der Waals surface area (Å²) in [5.41, 5.74) is 1.80. The largest absolute Gasteiger partial charge is 0.495 e. The lowest BCUT2D eigenvalue weighted by Gasteiger charge is -2.12. The second-order valence-electron chi connectivity index (χ2n) is 4.60. The van der Waals surface area contributed by atoms with E-state index >= 15 is 0 Å². The molecule has 0 radical (unpaired) electrons. The van der Waals surface area contributed by atoms with E-state index in [4.69, 9.17) is 8.92 Å². The molecule has 0 aromatic heterocycles. The maximum absolute atomic E-state index is 12.4. The first-order valence-corrected chi connectivity index (χ1v) is 8.39. The fourth-order valence-corrected chi connectivity index (χ4v) is 3.60. The van der Waals surface area contributed by atoms with Gasteiger partial charge >= 0.3 is 10.1 Å². The monoisotopic (exact) mass is 370 g/mol. The summed E-state index contributed by atoms with van der Waals surface area (Å²) < 4.78 is 35.9. The molecule has 0 aliphatic carbocycles. The van der Waals surface area contributed by atoms with Crippen molar-refractivity contribution in [1.82, 2.24) is 0 Å². The van der Waals surface area contributed by atoms with Crippen LogP contribution in [0.15, 0.2) is 45.8 Å². The molecule has 112 valence electrons. The summed E-state index contributed by atoms with van der Waals surface area (Å²) in [7, 11) is -2.55. The van der Waals surface area contributed by atoms with Crippen LogP contribution in [0, 0.1) is 13.8 Å². The van der Waals surface area contributed by atoms with Gasteiger partial charge in [-0.2, -0.15) is 8.42 Å². The smallest absolute Gasteiger partial charge is 0.342 e. The second-order valence-corrected chi connectivity index (χ2v) is 7.03. The Labute approximate surface area is 133 Å².